The Morgan fingerprint density at radius 2 is 1.92 bits per heavy atom. The van der Waals surface area contributed by atoms with Gasteiger partial charge in [0.1, 0.15) is 10.3 Å². The summed E-state index contributed by atoms with van der Waals surface area (Å²) in [6.45, 7) is 0. The predicted octanol–water partition coefficient (Wildman–Crippen LogP) is 3.09. The number of thiocarbonyl (C=S) groups is 1. The Bertz CT molecular complexity index is 305. The highest BCUT2D eigenvalue weighted by molar-refractivity contribution is 7.80. The molecule has 0 fully saturated rings. The molecule has 62 valence electrons. The fourth-order valence-corrected chi connectivity index (χ4v) is 1.15. The van der Waals surface area contributed by atoms with Crippen LogP contribution in [0.15, 0.2) is 17.1 Å². The van der Waals surface area contributed by atoms with Crippen LogP contribution in [-0.4, -0.2) is 16.6 Å². The number of nitrogens with zero attached hydrogens (tertiary/aromatic N) is 2. The van der Waals surface area contributed by atoms with E-state index >= 15 is 0 Å². The van der Waals surface area contributed by atoms with Gasteiger partial charge in [0.2, 0.25) is 0 Å². The molecule has 0 unspecified atom stereocenters. The van der Waals surface area contributed by atoms with Crippen LogP contribution in [0.4, 0.5) is 5.69 Å². The molecule has 0 aliphatic carbocycles. The Morgan fingerprint density at radius 3 is 2.42 bits per heavy atom. The van der Waals surface area contributed by atoms with E-state index in [4.69, 9.17) is 23.2 Å². The maximum absolute atomic E-state index is 5.62. The maximum atomic E-state index is 5.62. The molecule has 0 radical (unpaired) electrons. The van der Waals surface area contributed by atoms with Gasteiger partial charge in [-0.1, -0.05) is 35.4 Å². The predicted molar refractivity (Wildman–Crippen MR) is 56.1 cm³/mol. The number of halogens is 2. The summed E-state index contributed by atoms with van der Waals surface area (Å²) in [6, 6.07) is 3.20. The van der Waals surface area contributed by atoms with E-state index in [9.17, 15) is 0 Å². The SMILES string of the molecule is S=CC=Nc1cc(Cl)nc(Cl)c1. The molecular weight excluding hydrogens is 215 g/mol. The van der Waals surface area contributed by atoms with Crippen LogP contribution in [0.1, 0.15) is 0 Å². The lowest BCUT2D eigenvalue weighted by molar-refractivity contribution is 1.32. The van der Waals surface area contributed by atoms with E-state index in [1.54, 1.807) is 12.1 Å². The van der Waals surface area contributed by atoms with E-state index in [1.165, 1.54) is 11.6 Å². The standard InChI is InChI=1S/C7H4Cl2N2S/c8-6-3-5(10-1-2-12)4-7(9)11-6/h1-4H. The fourth-order valence-electron chi connectivity index (χ4n) is 0.643. The molecule has 12 heavy (non-hydrogen) atoms. The third-order valence-corrected chi connectivity index (χ3v) is 1.54. The summed E-state index contributed by atoms with van der Waals surface area (Å²) in [5.74, 6) is 0. The van der Waals surface area contributed by atoms with Crippen LogP contribution < -0.4 is 0 Å². The largest absolute Gasteiger partial charge is 0.256 e. The second-order valence-electron chi connectivity index (χ2n) is 1.89. The average Bonchev–Trinajstić information content (AvgIpc) is 1.99. The normalized spacial score (nSPS) is 10.5. The maximum Gasteiger partial charge on any atom is 0.132 e. The summed E-state index contributed by atoms with van der Waals surface area (Å²) in [5.41, 5.74) is 0.640. The summed E-state index contributed by atoms with van der Waals surface area (Å²) in [5, 5.41) is 2.04. The highest BCUT2D eigenvalue weighted by Gasteiger charge is 1.95. The van der Waals surface area contributed by atoms with Crippen molar-refractivity contribution >= 4 is 52.7 Å². The molecule has 0 bridgehead atoms. The molecule has 0 atom stereocenters. The average molecular weight is 219 g/mol. The van der Waals surface area contributed by atoms with E-state index in [-0.39, 0.29) is 0 Å². The van der Waals surface area contributed by atoms with Crippen LogP contribution in [-0.2, 0) is 0 Å². The van der Waals surface area contributed by atoms with Gasteiger partial charge in [-0.25, -0.2) is 4.98 Å². The van der Waals surface area contributed by atoms with E-state index in [1.807, 2.05) is 0 Å². The highest BCUT2D eigenvalue weighted by atomic mass is 35.5. The first-order chi connectivity index (χ1) is 5.72. The molecule has 0 saturated carbocycles. The number of hydrogen-bond donors (Lipinski definition) is 0. The van der Waals surface area contributed by atoms with Gasteiger partial charge in [0.15, 0.2) is 0 Å². The Morgan fingerprint density at radius 1 is 1.33 bits per heavy atom. The van der Waals surface area contributed by atoms with Crippen molar-refractivity contribution in [3.63, 3.8) is 0 Å². The number of aliphatic imine (C=N–C) groups is 1. The lowest BCUT2D eigenvalue weighted by atomic mass is 10.4. The van der Waals surface area contributed by atoms with Crippen LogP contribution in [0.5, 0.6) is 0 Å². The summed E-state index contributed by atoms with van der Waals surface area (Å²) in [6.07, 6.45) is 1.48. The Kier molecular flexibility index (Phi) is 3.59. The molecule has 2 nitrogen and oxygen atoms in total. The molecule has 1 rings (SSSR count). The fraction of sp³-hybridized carbons (Fsp3) is 0. The van der Waals surface area contributed by atoms with Gasteiger partial charge in [-0.3, -0.25) is 4.99 Å². The number of hydrogen-bond acceptors (Lipinski definition) is 3. The molecule has 0 spiro atoms. The first-order valence-electron chi connectivity index (χ1n) is 3.03. The third kappa shape index (κ3) is 2.85. The highest BCUT2D eigenvalue weighted by Crippen LogP contribution is 2.20. The zero-order valence-electron chi connectivity index (χ0n) is 5.87. The van der Waals surface area contributed by atoms with Gasteiger partial charge in [0, 0.05) is 23.7 Å². The van der Waals surface area contributed by atoms with Crippen molar-refractivity contribution in [3.8, 4) is 0 Å². The lowest BCUT2D eigenvalue weighted by Gasteiger charge is -1.94. The van der Waals surface area contributed by atoms with Crippen molar-refractivity contribution in [1.29, 1.82) is 0 Å². The van der Waals surface area contributed by atoms with Gasteiger partial charge in [-0.2, -0.15) is 0 Å². The van der Waals surface area contributed by atoms with Crippen LogP contribution >= 0.6 is 35.4 Å². The first kappa shape index (κ1) is 9.58. The van der Waals surface area contributed by atoms with Crippen molar-refractivity contribution in [1.82, 2.24) is 4.98 Å². The number of pyridine rings is 1. The van der Waals surface area contributed by atoms with E-state index in [0.29, 0.717) is 16.0 Å². The monoisotopic (exact) mass is 218 g/mol. The topological polar surface area (TPSA) is 25.2 Å². The summed E-state index contributed by atoms with van der Waals surface area (Å²) in [4.78, 5) is 7.72. The van der Waals surface area contributed by atoms with Crippen LogP contribution in [0.3, 0.4) is 0 Å². The van der Waals surface area contributed by atoms with Crippen molar-refractivity contribution in [2.24, 2.45) is 4.99 Å². The quantitative estimate of drug-likeness (QED) is 0.433. The van der Waals surface area contributed by atoms with Gasteiger partial charge in [0.25, 0.3) is 0 Å². The van der Waals surface area contributed by atoms with Crippen LogP contribution in [0.25, 0.3) is 0 Å². The summed E-state index contributed by atoms with van der Waals surface area (Å²) in [7, 11) is 0. The molecule has 5 heteroatoms. The van der Waals surface area contributed by atoms with Crippen molar-refractivity contribution in [3.05, 3.63) is 22.4 Å². The van der Waals surface area contributed by atoms with Gasteiger partial charge in [0.05, 0.1) is 5.69 Å². The molecule has 0 N–H and O–H groups in total. The minimum Gasteiger partial charge on any atom is -0.256 e. The first-order valence-corrected chi connectivity index (χ1v) is 4.26. The second kappa shape index (κ2) is 4.50. The zero-order valence-corrected chi connectivity index (χ0v) is 8.20. The number of rotatable bonds is 2. The number of aromatic nitrogens is 1. The molecule has 0 aliphatic heterocycles. The molecule has 0 saturated heterocycles. The van der Waals surface area contributed by atoms with E-state index < -0.39 is 0 Å². The zero-order chi connectivity index (χ0) is 8.97. The molecule has 0 aromatic carbocycles. The Hall–Kier alpha value is -0.510. The van der Waals surface area contributed by atoms with Crippen LogP contribution in [0, 0.1) is 0 Å². The Balaban J connectivity index is 3.00. The third-order valence-electron chi connectivity index (χ3n) is 1.03. The van der Waals surface area contributed by atoms with Gasteiger partial charge in [-0.05, 0) is 0 Å². The Labute approximate surface area is 85.2 Å². The molecule has 0 aliphatic rings. The molecular formula is C7H4Cl2N2S. The van der Waals surface area contributed by atoms with Gasteiger partial charge >= 0.3 is 0 Å². The second-order valence-corrected chi connectivity index (χ2v) is 2.93. The molecule has 1 heterocycles. The summed E-state index contributed by atoms with van der Waals surface area (Å²) >= 11 is 15.8. The molecule has 0 amide bonds. The lowest BCUT2D eigenvalue weighted by Crippen LogP contribution is -1.76. The van der Waals surface area contributed by atoms with Crippen molar-refractivity contribution in [2.45, 2.75) is 0 Å². The van der Waals surface area contributed by atoms with Crippen molar-refractivity contribution < 1.29 is 0 Å². The van der Waals surface area contributed by atoms with E-state index in [2.05, 4.69) is 22.2 Å². The minimum atomic E-state index is 0.319. The summed E-state index contributed by atoms with van der Waals surface area (Å²) < 4.78 is 0. The van der Waals surface area contributed by atoms with Crippen molar-refractivity contribution in [2.75, 3.05) is 0 Å². The molecule has 1 aromatic heterocycles. The van der Waals surface area contributed by atoms with Crippen LogP contribution in [0.2, 0.25) is 10.3 Å². The minimum absolute atomic E-state index is 0.319. The molecule has 1 aromatic rings. The van der Waals surface area contributed by atoms with Gasteiger partial charge < -0.3 is 0 Å². The smallest absolute Gasteiger partial charge is 0.132 e. The van der Waals surface area contributed by atoms with E-state index in [0.717, 1.165) is 0 Å². The van der Waals surface area contributed by atoms with Gasteiger partial charge in [-0.15, -0.1) is 0 Å².